The molecule has 0 bridgehead atoms. The molecule has 0 amide bonds. The number of benzene rings is 2. The lowest BCUT2D eigenvalue weighted by Crippen LogP contribution is -1.84. The fraction of sp³-hybridized carbons (Fsp3) is 0.143. The van der Waals surface area contributed by atoms with Gasteiger partial charge in [0.2, 0.25) is 0 Å². The molecule has 0 aromatic heterocycles. The van der Waals surface area contributed by atoms with Crippen molar-refractivity contribution in [1.82, 2.24) is 0 Å². The van der Waals surface area contributed by atoms with Gasteiger partial charge < -0.3 is 5.11 Å². The summed E-state index contributed by atoms with van der Waals surface area (Å²) in [4.78, 5) is 1.97. The number of thioether (sulfide) groups is 1. The lowest BCUT2D eigenvalue weighted by molar-refractivity contribution is 0.474. The number of aryl methyl sites for hydroxylation is 1. The molecule has 1 nitrogen and oxygen atoms in total. The molecule has 17 heavy (non-hydrogen) atoms. The molecule has 3 heteroatoms. The van der Waals surface area contributed by atoms with Crippen LogP contribution in [0.2, 0.25) is 0 Å². The highest BCUT2D eigenvalue weighted by atomic mass is 32.2. The predicted octanol–water partition coefficient (Wildman–Crippen LogP) is 4.38. The van der Waals surface area contributed by atoms with Gasteiger partial charge in [-0.3, -0.25) is 0 Å². The molecule has 0 atom stereocenters. The largest absolute Gasteiger partial charge is 0.508 e. The third-order valence-electron chi connectivity index (χ3n) is 2.57. The van der Waals surface area contributed by atoms with Crippen molar-refractivity contribution < 1.29 is 5.11 Å². The molecule has 0 radical (unpaired) electrons. The quantitative estimate of drug-likeness (QED) is 0.619. The van der Waals surface area contributed by atoms with Crippen molar-refractivity contribution in [3.8, 4) is 16.9 Å². The van der Waals surface area contributed by atoms with Gasteiger partial charge in [-0.25, -0.2) is 0 Å². The van der Waals surface area contributed by atoms with E-state index in [4.69, 9.17) is 0 Å². The summed E-state index contributed by atoms with van der Waals surface area (Å²) < 4.78 is 0. The molecule has 0 saturated heterocycles. The van der Waals surface area contributed by atoms with Gasteiger partial charge in [0, 0.05) is 9.79 Å². The van der Waals surface area contributed by atoms with Crippen LogP contribution < -0.4 is 0 Å². The fourth-order valence-corrected chi connectivity index (χ4v) is 2.67. The summed E-state index contributed by atoms with van der Waals surface area (Å²) in [5.74, 6) is 0.251. The highest BCUT2D eigenvalue weighted by molar-refractivity contribution is 7.98. The lowest BCUT2D eigenvalue weighted by Gasteiger charge is -2.10. The van der Waals surface area contributed by atoms with E-state index in [1.165, 1.54) is 10.5 Å². The highest BCUT2D eigenvalue weighted by Gasteiger charge is 2.06. The van der Waals surface area contributed by atoms with E-state index < -0.39 is 0 Å². The predicted molar refractivity (Wildman–Crippen MR) is 77.3 cm³/mol. The Labute approximate surface area is 111 Å². The first kappa shape index (κ1) is 12.4. The van der Waals surface area contributed by atoms with E-state index in [9.17, 15) is 5.11 Å². The van der Waals surface area contributed by atoms with Gasteiger partial charge in [-0.15, -0.1) is 24.4 Å². The summed E-state index contributed by atoms with van der Waals surface area (Å²) in [5, 5.41) is 9.63. The SMILES string of the molecule is CSc1ccc(C)cc1-c1cc(O)cc(S)c1. The van der Waals surface area contributed by atoms with Gasteiger partial charge in [0.15, 0.2) is 0 Å². The van der Waals surface area contributed by atoms with E-state index in [1.54, 1.807) is 23.9 Å². The third kappa shape index (κ3) is 2.79. The van der Waals surface area contributed by atoms with E-state index in [-0.39, 0.29) is 5.75 Å². The van der Waals surface area contributed by atoms with Gasteiger partial charge in [0.1, 0.15) is 5.75 Å². The smallest absolute Gasteiger partial charge is 0.117 e. The van der Waals surface area contributed by atoms with Crippen molar-refractivity contribution in [2.45, 2.75) is 16.7 Å². The molecule has 0 unspecified atom stereocenters. The van der Waals surface area contributed by atoms with Gasteiger partial charge in [-0.2, -0.15) is 0 Å². The molecular weight excluding hydrogens is 248 g/mol. The number of phenolic OH excluding ortho intramolecular Hbond substituents is 1. The molecule has 0 saturated carbocycles. The number of thiol groups is 1. The second-order valence-corrected chi connectivity index (χ2v) is 5.31. The molecular formula is C14H14OS2. The second kappa shape index (κ2) is 5.07. The Hall–Kier alpha value is -1.06. The topological polar surface area (TPSA) is 20.2 Å². The van der Waals surface area contributed by atoms with Crippen LogP contribution in [0.1, 0.15) is 5.56 Å². The van der Waals surface area contributed by atoms with Crippen LogP contribution in [-0.2, 0) is 0 Å². The first-order chi connectivity index (χ1) is 8.10. The maximum absolute atomic E-state index is 9.63. The summed E-state index contributed by atoms with van der Waals surface area (Å²) in [7, 11) is 0. The minimum absolute atomic E-state index is 0.251. The Balaban J connectivity index is 2.62. The van der Waals surface area contributed by atoms with Crippen LogP contribution in [0.25, 0.3) is 11.1 Å². The van der Waals surface area contributed by atoms with Crippen molar-refractivity contribution >= 4 is 24.4 Å². The minimum Gasteiger partial charge on any atom is -0.508 e. The Bertz CT molecular complexity index is 530. The number of hydrogen-bond acceptors (Lipinski definition) is 3. The molecule has 0 aliphatic heterocycles. The Morgan fingerprint density at radius 3 is 2.53 bits per heavy atom. The van der Waals surface area contributed by atoms with Crippen LogP contribution in [0, 0.1) is 6.92 Å². The molecule has 1 N–H and O–H groups in total. The maximum Gasteiger partial charge on any atom is 0.117 e. The molecule has 0 spiro atoms. The van der Waals surface area contributed by atoms with Crippen LogP contribution >= 0.6 is 24.4 Å². The van der Waals surface area contributed by atoms with E-state index in [1.807, 2.05) is 6.07 Å². The lowest BCUT2D eigenvalue weighted by atomic mass is 10.0. The van der Waals surface area contributed by atoms with Crippen molar-refractivity contribution in [3.05, 3.63) is 42.0 Å². The molecule has 0 heterocycles. The second-order valence-electron chi connectivity index (χ2n) is 3.94. The van der Waals surface area contributed by atoms with Crippen molar-refractivity contribution in [1.29, 1.82) is 0 Å². The van der Waals surface area contributed by atoms with E-state index in [0.717, 1.165) is 16.0 Å². The van der Waals surface area contributed by atoms with E-state index in [2.05, 4.69) is 44.0 Å². The fourth-order valence-electron chi connectivity index (χ4n) is 1.80. The monoisotopic (exact) mass is 262 g/mol. The third-order valence-corrected chi connectivity index (χ3v) is 3.62. The molecule has 2 aromatic rings. The summed E-state index contributed by atoms with van der Waals surface area (Å²) in [6.45, 7) is 2.07. The maximum atomic E-state index is 9.63. The van der Waals surface area contributed by atoms with Gasteiger partial charge in [0.05, 0.1) is 0 Å². The van der Waals surface area contributed by atoms with Crippen LogP contribution in [-0.4, -0.2) is 11.4 Å². The van der Waals surface area contributed by atoms with E-state index in [0.29, 0.717) is 0 Å². The average Bonchev–Trinajstić information content (AvgIpc) is 2.27. The van der Waals surface area contributed by atoms with Gasteiger partial charge in [-0.05, 0) is 48.6 Å². The van der Waals surface area contributed by atoms with Gasteiger partial charge in [0.25, 0.3) is 0 Å². The zero-order valence-corrected chi connectivity index (χ0v) is 11.5. The van der Waals surface area contributed by atoms with Gasteiger partial charge >= 0.3 is 0 Å². The van der Waals surface area contributed by atoms with E-state index >= 15 is 0 Å². The molecule has 0 aliphatic rings. The van der Waals surface area contributed by atoms with Crippen molar-refractivity contribution in [3.63, 3.8) is 0 Å². The zero-order chi connectivity index (χ0) is 12.4. The first-order valence-electron chi connectivity index (χ1n) is 5.28. The zero-order valence-electron chi connectivity index (χ0n) is 9.77. The number of rotatable bonds is 2. The highest BCUT2D eigenvalue weighted by Crippen LogP contribution is 2.34. The summed E-state index contributed by atoms with van der Waals surface area (Å²) in [6.07, 6.45) is 2.05. The average molecular weight is 262 g/mol. The minimum atomic E-state index is 0.251. The molecule has 2 rings (SSSR count). The van der Waals surface area contributed by atoms with Gasteiger partial charge in [-0.1, -0.05) is 17.7 Å². The van der Waals surface area contributed by atoms with Crippen molar-refractivity contribution in [2.24, 2.45) is 0 Å². The summed E-state index contributed by atoms with van der Waals surface area (Å²) >= 11 is 6.00. The number of aromatic hydroxyl groups is 1. The molecule has 0 aliphatic carbocycles. The van der Waals surface area contributed by atoms with Crippen LogP contribution in [0.4, 0.5) is 0 Å². The summed E-state index contributed by atoms with van der Waals surface area (Å²) in [5.41, 5.74) is 3.36. The van der Waals surface area contributed by atoms with Crippen molar-refractivity contribution in [2.75, 3.05) is 6.26 Å². The van der Waals surface area contributed by atoms with Crippen LogP contribution in [0.5, 0.6) is 5.75 Å². The van der Waals surface area contributed by atoms with Crippen LogP contribution in [0.3, 0.4) is 0 Å². The van der Waals surface area contributed by atoms with Crippen LogP contribution in [0.15, 0.2) is 46.2 Å². The number of hydrogen-bond donors (Lipinski definition) is 2. The normalized spacial score (nSPS) is 10.5. The number of phenols is 1. The molecule has 2 aromatic carbocycles. The Kier molecular flexibility index (Phi) is 3.69. The molecule has 88 valence electrons. The Morgan fingerprint density at radius 2 is 1.88 bits per heavy atom. The molecule has 0 fully saturated rings. The first-order valence-corrected chi connectivity index (χ1v) is 6.95. The summed E-state index contributed by atoms with van der Waals surface area (Å²) in [6, 6.07) is 11.7. The standard InChI is InChI=1S/C14H14OS2/c1-9-3-4-14(17-2)13(5-9)10-6-11(15)8-12(16)7-10/h3-8,15-16H,1-2H3. The Morgan fingerprint density at radius 1 is 1.12 bits per heavy atom.